The first kappa shape index (κ1) is 18.9. The molecule has 10 heteroatoms. The molecule has 1 fully saturated rings. The second-order valence-corrected chi connectivity index (χ2v) is 5.95. The molecule has 0 N–H and O–H groups in total. The molecule has 0 atom stereocenters. The van der Waals surface area contributed by atoms with E-state index in [1.165, 1.54) is 4.90 Å². The number of halogens is 3. The fourth-order valence-electron chi connectivity index (χ4n) is 3.33. The highest BCUT2D eigenvalue weighted by Gasteiger charge is 2.40. The number of nitrogens with zero attached hydrogens (tertiary/aromatic N) is 3. The second kappa shape index (κ2) is 7.24. The number of benzene rings is 1. The van der Waals surface area contributed by atoms with Crippen molar-refractivity contribution in [1.82, 2.24) is 0 Å². The van der Waals surface area contributed by atoms with Crippen molar-refractivity contribution in [1.29, 1.82) is 0 Å². The van der Waals surface area contributed by atoms with E-state index >= 15 is 0 Å². The SMILES string of the molecule is CCN(c1c([N+](=O)[O-])cc(C(F)(F)F)cc1[N+](=O)[O-])C1CCCCC1. The Hall–Kier alpha value is -2.39. The number of alkyl halides is 3. The van der Waals surface area contributed by atoms with Crippen molar-refractivity contribution in [2.24, 2.45) is 0 Å². The first-order valence-corrected chi connectivity index (χ1v) is 7.97. The van der Waals surface area contributed by atoms with Gasteiger partial charge in [-0.2, -0.15) is 13.2 Å². The molecule has 0 aromatic heterocycles. The Kier molecular flexibility index (Phi) is 5.48. The summed E-state index contributed by atoms with van der Waals surface area (Å²) >= 11 is 0. The molecule has 0 radical (unpaired) electrons. The monoisotopic (exact) mass is 361 g/mol. The first-order chi connectivity index (χ1) is 11.7. The normalized spacial score (nSPS) is 15.8. The van der Waals surface area contributed by atoms with Gasteiger partial charge in [0.15, 0.2) is 5.69 Å². The molecule has 25 heavy (non-hydrogen) atoms. The summed E-state index contributed by atoms with van der Waals surface area (Å²) in [6, 6.07) is 0.606. The summed E-state index contributed by atoms with van der Waals surface area (Å²) in [5.74, 6) is 0. The highest BCUT2D eigenvalue weighted by Crippen LogP contribution is 2.44. The molecule has 0 heterocycles. The Morgan fingerprint density at radius 2 is 1.56 bits per heavy atom. The standard InChI is InChI=1S/C15H18F3N3O4/c1-2-19(11-6-4-3-5-7-11)14-12(20(22)23)8-10(15(16,17)18)9-13(14)21(24)25/h8-9,11H,2-7H2,1H3. The third kappa shape index (κ3) is 3.99. The minimum absolute atomic E-state index is 0.159. The summed E-state index contributed by atoms with van der Waals surface area (Å²) in [7, 11) is 0. The number of hydrogen-bond acceptors (Lipinski definition) is 5. The number of nitro benzene ring substituents is 2. The molecule has 0 unspecified atom stereocenters. The van der Waals surface area contributed by atoms with Crippen LogP contribution in [0, 0.1) is 20.2 Å². The summed E-state index contributed by atoms with van der Waals surface area (Å²) in [4.78, 5) is 22.3. The van der Waals surface area contributed by atoms with Gasteiger partial charge in [0.25, 0.3) is 11.4 Å². The van der Waals surface area contributed by atoms with Crippen molar-refractivity contribution in [3.63, 3.8) is 0 Å². The number of nitro groups is 2. The van der Waals surface area contributed by atoms with Crippen LogP contribution in [-0.4, -0.2) is 22.4 Å². The van der Waals surface area contributed by atoms with Gasteiger partial charge < -0.3 is 4.90 Å². The van der Waals surface area contributed by atoms with Gasteiger partial charge in [-0.15, -0.1) is 0 Å². The van der Waals surface area contributed by atoms with E-state index in [4.69, 9.17) is 0 Å². The van der Waals surface area contributed by atoms with Gasteiger partial charge in [0, 0.05) is 24.7 Å². The Labute approximate surface area is 141 Å². The Bertz CT molecular complexity index is 637. The summed E-state index contributed by atoms with van der Waals surface area (Å²) < 4.78 is 39.0. The van der Waals surface area contributed by atoms with Crippen LogP contribution >= 0.6 is 0 Å². The van der Waals surface area contributed by atoms with Gasteiger partial charge in [0.1, 0.15) is 0 Å². The largest absolute Gasteiger partial charge is 0.416 e. The van der Waals surface area contributed by atoms with E-state index in [1.54, 1.807) is 6.92 Å². The van der Waals surface area contributed by atoms with Crippen molar-refractivity contribution in [2.75, 3.05) is 11.4 Å². The second-order valence-electron chi connectivity index (χ2n) is 5.95. The van der Waals surface area contributed by atoms with Gasteiger partial charge in [-0.1, -0.05) is 19.3 Å². The maximum Gasteiger partial charge on any atom is 0.416 e. The van der Waals surface area contributed by atoms with Crippen LogP contribution in [0.5, 0.6) is 0 Å². The summed E-state index contributed by atoms with van der Waals surface area (Å²) in [6.45, 7) is 1.91. The van der Waals surface area contributed by atoms with Crippen molar-refractivity contribution >= 4 is 17.1 Å². The summed E-state index contributed by atoms with van der Waals surface area (Å²) in [5, 5.41) is 22.7. The van der Waals surface area contributed by atoms with Gasteiger partial charge in [0.05, 0.1) is 15.4 Å². The van der Waals surface area contributed by atoms with E-state index in [1.807, 2.05) is 0 Å². The first-order valence-electron chi connectivity index (χ1n) is 7.97. The van der Waals surface area contributed by atoms with E-state index < -0.39 is 33.0 Å². The van der Waals surface area contributed by atoms with Crippen molar-refractivity contribution in [3.05, 3.63) is 37.9 Å². The fourth-order valence-corrected chi connectivity index (χ4v) is 3.33. The van der Waals surface area contributed by atoms with E-state index in [2.05, 4.69) is 0 Å². The lowest BCUT2D eigenvalue weighted by atomic mass is 9.93. The third-order valence-corrected chi connectivity index (χ3v) is 4.43. The lowest BCUT2D eigenvalue weighted by Gasteiger charge is -2.34. The van der Waals surface area contributed by atoms with Crippen LogP contribution in [0.1, 0.15) is 44.6 Å². The lowest BCUT2D eigenvalue weighted by Crippen LogP contribution is -2.37. The topological polar surface area (TPSA) is 89.5 Å². The van der Waals surface area contributed by atoms with E-state index in [0.717, 1.165) is 19.3 Å². The van der Waals surface area contributed by atoms with Crippen molar-refractivity contribution in [2.45, 2.75) is 51.2 Å². The van der Waals surface area contributed by atoms with Crippen LogP contribution < -0.4 is 4.90 Å². The zero-order valence-corrected chi connectivity index (χ0v) is 13.6. The number of rotatable bonds is 5. The van der Waals surface area contributed by atoms with Crippen molar-refractivity contribution in [3.8, 4) is 0 Å². The summed E-state index contributed by atoms with van der Waals surface area (Å²) in [5.41, 5.74) is -3.49. The molecule has 0 aliphatic heterocycles. The smallest absolute Gasteiger partial charge is 0.358 e. The van der Waals surface area contributed by atoms with Crippen LogP contribution in [0.2, 0.25) is 0 Å². The number of anilines is 1. The molecule has 1 saturated carbocycles. The van der Waals surface area contributed by atoms with Gasteiger partial charge in [-0.3, -0.25) is 20.2 Å². The predicted octanol–water partition coefficient (Wildman–Crippen LogP) is 4.68. The molecular weight excluding hydrogens is 343 g/mol. The molecule has 1 aromatic rings. The molecule has 2 rings (SSSR count). The number of hydrogen-bond donors (Lipinski definition) is 0. The van der Waals surface area contributed by atoms with Crippen LogP contribution in [0.15, 0.2) is 12.1 Å². The third-order valence-electron chi connectivity index (χ3n) is 4.43. The minimum Gasteiger partial charge on any atom is -0.358 e. The quantitative estimate of drug-likeness (QED) is 0.561. The lowest BCUT2D eigenvalue weighted by molar-refractivity contribution is -0.393. The van der Waals surface area contributed by atoms with E-state index in [0.29, 0.717) is 25.0 Å². The van der Waals surface area contributed by atoms with Crippen LogP contribution in [0.25, 0.3) is 0 Å². The summed E-state index contributed by atoms with van der Waals surface area (Å²) in [6.07, 6.45) is -0.750. The Morgan fingerprint density at radius 3 is 1.92 bits per heavy atom. The maximum atomic E-state index is 13.0. The highest BCUT2D eigenvalue weighted by molar-refractivity contribution is 5.76. The van der Waals surface area contributed by atoms with Crippen LogP contribution in [0.4, 0.5) is 30.2 Å². The molecule has 138 valence electrons. The molecule has 0 saturated heterocycles. The molecular formula is C15H18F3N3O4. The predicted molar refractivity (Wildman–Crippen MR) is 84.6 cm³/mol. The van der Waals surface area contributed by atoms with Gasteiger partial charge in [-0.05, 0) is 19.8 Å². The molecule has 1 aromatic carbocycles. The highest BCUT2D eigenvalue weighted by atomic mass is 19.4. The average Bonchev–Trinajstić information content (AvgIpc) is 2.55. The van der Waals surface area contributed by atoms with Gasteiger partial charge in [0.2, 0.25) is 0 Å². The molecule has 1 aliphatic carbocycles. The molecule has 7 nitrogen and oxygen atoms in total. The zero-order chi connectivity index (χ0) is 18.8. The molecule has 1 aliphatic rings. The fraction of sp³-hybridized carbons (Fsp3) is 0.600. The average molecular weight is 361 g/mol. The van der Waals surface area contributed by atoms with Crippen molar-refractivity contribution < 1.29 is 23.0 Å². The molecule has 0 spiro atoms. The minimum atomic E-state index is -4.91. The van der Waals surface area contributed by atoms with Gasteiger partial charge in [-0.25, -0.2) is 0 Å². The zero-order valence-electron chi connectivity index (χ0n) is 13.6. The van der Waals surface area contributed by atoms with E-state index in [9.17, 15) is 33.4 Å². The Balaban J connectivity index is 2.68. The molecule has 0 amide bonds. The molecule has 0 bridgehead atoms. The van der Waals surface area contributed by atoms with Crippen LogP contribution in [0.3, 0.4) is 0 Å². The van der Waals surface area contributed by atoms with Gasteiger partial charge >= 0.3 is 6.18 Å². The van der Waals surface area contributed by atoms with E-state index in [-0.39, 0.29) is 18.3 Å². The maximum absolute atomic E-state index is 13.0. The van der Waals surface area contributed by atoms with Crippen LogP contribution in [-0.2, 0) is 6.18 Å². The Morgan fingerprint density at radius 1 is 1.08 bits per heavy atom.